The van der Waals surface area contributed by atoms with Crippen LogP contribution >= 0.6 is 0 Å². The maximum absolute atomic E-state index is 13.4. The zero-order chi connectivity index (χ0) is 14.6. The first-order valence-electron chi connectivity index (χ1n) is 5.87. The van der Waals surface area contributed by atoms with Gasteiger partial charge < -0.3 is 16.2 Å². The second kappa shape index (κ2) is 6.08. The van der Waals surface area contributed by atoms with Crippen LogP contribution in [-0.4, -0.2) is 23.1 Å². The van der Waals surface area contributed by atoms with Gasteiger partial charge in [0.1, 0.15) is 11.6 Å². The van der Waals surface area contributed by atoms with Crippen LogP contribution in [-0.2, 0) is 4.79 Å². The Morgan fingerprint density at radius 2 is 2.11 bits per heavy atom. The van der Waals surface area contributed by atoms with E-state index in [1.165, 1.54) is 6.07 Å². The average Bonchev–Trinajstić information content (AvgIpc) is 2.24. The Morgan fingerprint density at radius 3 is 2.63 bits per heavy atom. The number of nitrogens with one attached hydrogen (secondary N) is 1. The fraction of sp³-hybridized carbons (Fsp3) is 0.462. The van der Waals surface area contributed by atoms with Crippen molar-refractivity contribution in [1.82, 2.24) is 5.32 Å². The van der Waals surface area contributed by atoms with E-state index in [9.17, 15) is 18.7 Å². The summed E-state index contributed by atoms with van der Waals surface area (Å²) in [5, 5.41) is 12.8. The van der Waals surface area contributed by atoms with Crippen LogP contribution in [0.1, 0.15) is 31.9 Å². The van der Waals surface area contributed by atoms with Crippen molar-refractivity contribution >= 4 is 5.91 Å². The van der Waals surface area contributed by atoms with Crippen LogP contribution in [0.25, 0.3) is 0 Å². The number of aliphatic hydroxyl groups is 1. The molecule has 0 spiro atoms. The molecule has 6 heteroatoms. The summed E-state index contributed by atoms with van der Waals surface area (Å²) >= 11 is 0. The summed E-state index contributed by atoms with van der Waals surface area (Å²) in [6, 6.07) is 2.99. The highest BCUT2D eigenvalue weighted by Gasteiger charge is 2.22. The third-order valence-electron chi connectivity index (χ3n) is 2.71. The molecule has 1 unspecified atom stereocenters. The molecular weight excluding hydrogens is 254 g/mol. The van der Waals surface area contributed by atoms with Gasteiger partial charge in [-0.1, -0.05) is 6.07 Å². The van der Waals surface area contributed by atoms with Gasteiger partial charge in [-0.05, 0) is 19.9 Å². The number of carbonyl (C=O) groups excluding carboxylic acids is 1. The standard InChI is InChI=1S/C13H18F2N2O2/c1-13(2,6-12(16)19)17-7-11(18)9-4-3-8(14)5-10(9)15/h3-5,11,17-18H,6-7H2,1-2H3,(H2,16,19). The smallest absolute Gasteiger partial charge is 0.219 e. The van der Waals surface area contributed by atoms with E-state index in [4.69, 9.17) is 5.73 Å². The topological polar surface area (TPSA) is 75.4 Å². The summed E-state index contributed by atoms with van der Waals surface area (Å²) in [4.78, 5) is 10.8. The monoisotopic (exact) mass is 272 g/mol. The van der Waals surface area contributed by atoms with Crippen molar-refractivity contribution in [2.75, 3.05) is 6.54 Å². The number of aliphatic hydroxyl groups excluding tert-OH is 1. The van der Waals surface area contributed by atoms with E-state index in [-0.39, 0.29) is 18.5 Å². The Bertz CT molecular complexity index is 464. The van der Waals surface area contributed by atoms with Gasteiger partial charge in [-0.2, -0.15) is 0 Å². The predicted molar refractivity (Wildman–Crippen MR) is 67.2 cm³/mol. The average molecular weight is 272 g/mol. The number of nitrogens with two attached hydrogens (primary N) is 1. The highest BCUT2D eigenvalue weighted by Crippen LogP contribution is 2.18. The van der Waals surface area contributed by atoms with E-state index in [1.54, 1.807) is 13.8 Å². The number of carbonyl (C=O) groups is 1. The maximum atomic E-state index is 13.4. The summed E-state index contributed by atoms with van der Waals surface area (Å²) in [5.74, 6) is -1.97. The van der Waals surface area contributed by atoms with Crippen molar-refractivity contribution < 1.29 is 18.7 Å². The van der Waals surface area contributed by atoms with Crippen molar-refractivity contribution in [3.63, 3.8) is 0 Å². The zero-order valence-electron chi connectivity index (χ0n) is 10.9. The van der Waals surface area contributed by atoms with E-state index in [0.717, 1.165) is 6.07 Å². The molecule has 1 atom stereocenters. The molecule has 0 aliphatic rings. The second-order valence-corrected chi connectivity index (χ2v) is 5.09. The van der Waals surface area contributed by atoms with Gasteiger partial charge >= 0.3 is 0 Å². The molecule has 1 aromatic carbocycles. The number of primary amides is 1. The third kappa shape index (κ3) is 4.92. The number of amides is 1. The summed E-state index contributed by atoms with van der Waals surface area (Å²) in [5.41, 5.74) is 4.49. The Kier molecular flexibility index (Phi) is 4.97. The van der Waals surface area contributed by atoms with Gasteiger partial charge in [-0.25, -0.2) is 8.78 Å². The Morgan fingerprint density at radius 1 is 1.47 bits per heavy atom. The Balaban J connectivity index is 2.65. The molecule has 1 rings (SSSR count). The molecular formula is C13H18F2N2O2. The molecule has 4 N–H and O–H groups in total. The van der Waals surface area contributed by atoms with E-state index in [0.29, 0.717) is 6.07 Å². The molecule has 19 heavy (non-hydrogen) atoms. The molecule has 0 aliphatic heterocycles. The molecule has 0 aliphatic carbocycles. The van der Waals surface area contributed by atoms with Crippen molar-refractivity contribution in [2.45, 2.75) is 31.9 Å². The molecule has 0 heterocycles. The summed E-state index contributed by atoms with van der Waals surface area (Å²) in [6.45, 7) is 3.51. The number of halogens is 2. The minimum atomic E-state index is -1.13. The van der Waals surface area contributed by atoms with Crippen LogP contribution in [0.2, 0.25) is 0 Å². The molecule has 1 amide bonds. The molecule has 0 saturated heterocycles. The van der Waals surface area contributed by atoms with Crippen LogP contribution in [0, 0.1) is 11.6 Å². The number of hydrogen-bond donors (Lipinski definition) is 3. The van der Waals surface area contributed by atoms with Crippen molar-refractivity contribution in [1.29, 1.82) is 0 Å². The lowest BCUT2D eigenvalue weighted by Gasteiger charge is -2.26. The van der Waals surface area contributed by atoms with Crippen LogP contribution < -0.4 is 11.1 Å². The number of hydrogen-bond acceptors (Lipinski definition) is 3. The SMILES string of the molecule is CC(C)(CC(N)=O)NCC(O)c1ccc(F)cc1F. The van der Waals surface area contributed by atoms with E-state index >= 15 is 0 Å². The Labute approximate surface area is 110 Å². The van der Waals surface area contributed by atoms with Crippen molar-refractivity contribution in [3.8, 4) is 0 Å². The molecule has 0 aromatic heterocycles. The van der Waals surface area contributed by atoms with Gasteiger partial charge in [0.15, 0.2) is 0 Å². The predicted octanol–water partition coefficient (Wildman–Crippen LogP) is 1.24. The molecule has 0 fully saturated rings. The molecule has 0 bridgehead atoms. The summed E-state index contributed by atoms with van der Waals surface area (Å²) in [6.07, 6.45) is -1.04. The lowest BCUT2D eigenvalue weighted by molar-refractivity contribution is -0.119. The minimum Gasteiger partial charge on any atom is -0.387 e. The zero-order valence-corrected chi connectivity index (χ0v) is 10.9. The van der Waals surface area contributed by atoms with Crippen LogP contribution in [0.3, 0.4) is 0 Å². The number of rotatable bonds is 6. The number of benzene rings is 1. The lowest BCUT2D eigenvalue weighted by atomic mass is 9.99. The third-order valence-corrected chi connectivity index (χ3v) is 2.71. The lowest BCUT2D eigenvalue weighted by Crippen LogP contribution is -2.44. The quantitative estimate of drug-likeness (QED) is 0.729. The molecule has 0 saturated carbocycles. The van der Waals surface area contributed by atoms with Crippen LogP contribution in [0.4, 0.5) is 8.78 Å². The normalized spacial score (nSPS) is 13.3. The van der Waals surface area contributed by atoms with Gasteiger partial charge in [-0.3, -0.25) is 4.79 Å². The van der Waals surface area contributed by atoms with Gasteiger partial charge in [0, 0.05) is 30.1 Å². The highest BCUT2D eigenvalue weighted by atomic mass is 19.1. The molecule has 0 radical (unpaired) electrons. The first-order chi connectivity index (χ1) is 8.71. The largest absolute Gasteiger partial charge is 0.387 e. The summed E-state index contributed by atoms with van der Waals surface area (Å²) < 4.78 is 26.2. The van der Waals surface area contributed by atoms with Crippen molar-refractivity contribution in [2.24, 2.45) is 5.73 Å². The summed E-state index contributed by atoms with van der Waals surface area (Å²) in [7, 11) is 0. The van der Waals surface area contributed by atoms with E-state index in [1.807, 2.05) is 0 Å². The van der Waals surface area contributed by atoms with Crippen molar-refractivity contribution in [3.05, 3.63) is 35.4 Å². The van der Waals surface area contributed by atoms with E-state index in [2.05, 4.69) is 5.32 Å². The molecule has 106 valence electrons. The van der Waals surface area contributed by atoms with E-state index < -0.39 is 29.2 Å². The number of β-amino-alcohol motifs (C(OH)–C–C–N with tert-alkyl or cyclic N) is 1. The Hall–Kier alpha value is -1.53. The maximum Gasteiger partial charge on any atom is 0.219 e. The minimum absolute atomic E-state index is 0.00350. The van der Waals surface area contributed by atoms with Gasteiger partial charge in [0.25, 0.3) is 0 Å². The van der Waals surface area contributed by atoms with Crippen LogP contribution in [0.15, 0.2) is 18.2 Å². The highest BCUT2D eigenvalue weighted by molar-refractivity contribution is 5.74. The van der Waals surface area contributed by atoms with Gasteiger partial charge in [-0.15, -0.1) is 0 Å². The fourth-order valence-electron chi connectivity index (χ4n) is 1.75. The van der Waals surface area contributed by atoms with Gasteiger partial charge in [0.2, 0.25) is 5.91 Å². The fourth-order valence-corrected chi connectivity index (χ4v) is 1.75. The molecule has 1 aromatic rings. The first kappa shape index (κ1) is 15.5. The van der Waals surface area contributed by atoms with Gasteiger partial charge in [0.05, 0.1) is 6.10 Å². The van der Waals surface area contributed by atoms with Crippen LogP contribution in [0.5, 0.6) is 0 Å². The molecule has 4 nitrogen and oxygen atoms in total. The first-order valence-corrected chi connectivity index (χ1v) is 5.87. The second-order valence-electron chi connectivity index (χ2n) is 5.09.